The third kappa shape index (κ3) is 4.13. The van der Waals surface area contributed by atoms with Crippen LogP contribution in [0.1, 0.15) is 37.8 Å². The molecule has 0 spiro atoms. The van der Waals surface area contributed by atoms with Gasteiger partial charge in [0.2, 0.25) is 11.8 Å². The lowest BCUT2D eigenvalue weighted by Crippen LogP contribution is -2.49. The number of imide groups is 1. The van der Waals surface area contributed by atoms with E-state index in [0.717, 1.165) is 67.7 Å². The molecular weight excluding hydrogens is 404 g/mol. The molecule has 172 valence electrons. The summed E-state index contributed by atoms with van der Waals surface area (Å²) in [5.74, 6) is 0.780. The molecule has 3 fully saturated rings. The number of benzene rings is 1. The van der Waals surface area contributed by atoms with Crippen molar-refractivity contribution >= 4 is 28.4 Å². The van der Waals surface area contributed by atoms with Crippen LogP contribution in [0.15, 0.2) is 18.2 Å². The summed E-state index contributed by atoms with van der Waals surface area (Å²) < 4.78 is 1.87. The Morgan fingerprint density at radius 1 is 1.12 bits per heavy atom. The molecule has 0 bridgehead atoms. The smallest absolute Gasteiger partial charge is 0.235 e. The Labute approximate surface area is 189 Å². The molecule has 8 heteroatoms. The first kappa shape index (κ1) is 21.4. The second kappa shape index (κ2) is 8.83. The van der Waals surface area contributed by atoms with Crippen molar-refractivity contribution in [2.24, 2.45) is 18.9 Å². The Morgan fingerprint density at radius 3 is 2.69 bits per heavy atom. The van der Waals surface area contributed by atoms with E-state index in [1.165, 1.54) is 18.7 Å². The first-order valence-electron chi connectivity index (χ1n) is 12.0. The van der Waals surface area contributed by atoms with Gasteiger partial charge in [0.15, 0.2) is 0 Å². The van der Waals surface area contributed by atoms with Gasteiger partial charge in [-0.05, 0) is 56.0 Å². The molecule has 0 aliphatic carbocycles. The summed E-state index contributed by atoms with van der Waals surface area (Å²) in [7, 11) is 1.93. The number of carbonyl (C=O) groups is 2. The summed E-state index contributed by atoms with van der Waals surface area (Å²) in [5.41, 5.74) is 3.03. The summed E-state index contributed by atoms with van der Waals surface area (Å²) in [6.07, 6.45) is 2.18. The largest absolute Gasteiger partial charge is 0.369 e. The predicted molar refractivity (Wildman–Crippen MR) is 125 cm³/mol. The van der Waals surface area contributed by atoms with Crippen LogP contribution in [0.3, 0.4) is 0 Å². The van der Waals surface area contributed by atoms with Crippen LogP contribution in [0.2, 0.25) is 0 Å². The molecule has 1 unspecified atom stereocenters. The second-order valence-corrected chi connectivity index (χ2v) is 9.73. The van der Waals surface area contributed by atoms with E-state index in [4.69, 9.17) is 0 Å². The molecule has 0 saturated carbocycles. The predicted octanol–water partition coefficient (Wildman–Crippen LogP) is 1.46. The van der Waals surface area contributed by atoms with Gasteiger partial charge in [0.1, 0.15) is 0 Å². The van der Waals surface area contributed by atoms with Gasteiger partial charge < -0.3 is 10.2 Å². The zero-order valence-corrected chi connectivity index (χ0v) is 19.1. The molecule has 0 radical (unpaired) electrons. The van der Waals surface area contributed by atoms with Gasteiger partial charge >= 0.3 is 0 Å². The zero-order chi connectivity index (χ0) is 22.2. The third-order valence-corrected chi connectivity index (χ3v) is 7.63. The van der Waals surface area contributed by atoms with Crippen LogP contribution < -0.4 is 15.5 Å². The maximum Gasteiger partial charge on any atom is 0.235 e. The van der Waals surface area contributed by atoms with Gasteiger partial charge in [0.05, 0.1) is 17.1 Å². The topological polar surface area (TPSA) is 82.5 Å². The molecule has 8 nitrogen and oxygen atoms in total. The van der Waals surface area contributed by atoms with Gasteiger partial charge in [-0.2, -0.15) is 5.10 Å². The molecule has 5 rings (SSSR count). The average molecular weight is 439 g/mol. The number of aryl methyl sites for hydroxylation is 1. The normalized spacial score (nSPS) is 27.7. The van der Waals surface area contributed by atoms with E-state index in [2.05, 4.69) is 50.7 Å². The van der Waals surface area contributed by atoms with Crippen LogP contribution in [0, 0.1) is 11.8 Å². The fourth-order valence-electron chi connectivity index (χ4n) is 5.54. The number of piperidine rings is 2. The molecule has 1 aromatic carbocycles. The van der Waals surface area contributed by atoms with Crippen LogP contribution in [0.25, 0.3) is 10.9 Å². The van der Waals surface area contributed by atoms with E-state index < -0.39 is 0 Å². The van der Waals surface area contributed by atoms with Crippen molar-refractivity contribution in [1.29, 1.82) is 0 Å². The van der Waals surface area contributed by atoms with E-state index in [0.29, 0.717) is 12.8 Å². The molecule has 3 saturated heterocycles. The standard InChI is InChI=1S/C24H34N6O2/c1-16-14-25-8-7-17(16)15-29-9-11-30(12-10-29)18-3-4-19-21(13-18)28(2)27-23(19)20-5-6-22(31)26-24(20)32/h3-4,13,16-17,20,25H,5-12,14-15H2,1-2H3,(H,26,31,32)/t16-,17+,20?/m1/s1. The lowest BCUT2D eigenvalue weighted by molar-refractivity contribution is -0.134. The van der Waals surface area contributed by atoms with Gasteiger partial charge in [-0.3, -0.25) is 24.5 Å². The monoisotopic (exact) mass is 438 g/mol. The van der Waals surface area contributed by atoms with Crippen LogP contribution in [-0.4, -0.2) is 72.3 Å². The van der Waals surface area contributed by atoms with E-state index in [1.807, 2.05) is 11.7 Å². The molecular formula is C24H34N6O2. The highest BCUT2D eigenvalue weighted by atomic mass is 16.2. The number of nitrogens with zero attached hydrogens (tertiary/aromatic N) is 4. The molecule has 1 aromatic heterocycles. The number of nitrogens with one attached hydrogen (secondary N) is 2. The van der Waals surface area contributed by atoms with E-state index in [1.54, 1.807) is 0 Å². The summed E-state index contributed by atoms with van der Waals surface area (Å²) in [5, 5.41) is 11.6. The van der Waals surface area contributed by atoms with E-state index in [9.17, 15) is 9.59 Å². The van der Waals surface area contributed by atoms with E-state index >= 15 is 0 Å². The number of hydrogen-bond acceptors (Lipinski definition) is 6. The molecule has 3 aliphatic heterocycles. The summed E-state index contributed by atoms with van der Waals surface area (Å²) in [6, 6.07) is 6.45. The number of carbonyl (C=O) groups excluding carboxylic acids is 2. The molecule has 3 aliphatic rings. The maximum atomic E-state index is 12.4. The molecule has 2 amide bonds. The van der Waals surface area contributed by atoms with Gasteiger partial charge in [-0.15, -0.1) is 0 Å². The van der Waals surface area contributed by atoms with Gasteiger partial charge in [-0.25, -0.2) is 0 Å². The van der Waals surface area contributed by atoms with Crippen molar-refractivity contribution in [2.75, 3.05) is 50.7 Å². The molecule has 2 N–H and O–H groups in total. The Kier molecular flexibility index (Phi) is 5.90. The number of piperazine rings is 1. The molecule has 3 atom stereocenters. The van der Waals surface area contributed by atoms with Crippen LogP contribution in [0.4, 0.5) is 5.69 Å². The third-order valence-electron chi connectivity index (χ3n) is 7.63. The van der Waals surface area contributed by atoms with Crippen molar-refractivity contribution < 1.29 is 9.59 Å². The Balaban J connectivity index is 1.27. The van der Waals surface area contributed by atoms with Crippen LogP contribution in [-0.2, 0) is 16.6 Å². The fraction of sp³-hybridized carbons (Fsp3) is 0.625. The Bertz CT molecular complexity index is 1010. The maximum absolute atomic E-state index is 12.4. The van der Waals surface area contributed by atoms with Crippen molar-refractivity contribution in [3.8, 4) is 0 Å². The van der Waals surface area contributed by atoms with Crippen molar-refractivity contribution in [2.45, 2.75) is 32.1 Å². The number of amides is 2. The fourth-order valence-corrected chi connectivity index (χ4v) is 5.54. The summed E-state index contributed by atoms with van der Waals surface area (Å²) in [6.45, 7) is 10.2. The lowest BCUT2D eigenvalue weighted by atomic mass is 9.87. The second-order valence-electron chi connectivity index (χ2n) is 9.73. The van der Waals surface area contributed by atoms with Gasteiger partial charge in [0, 0.05) is 57.3 Å². The average Bonchev–Trinajstić information content (AvgIpc) is 3.11. The van der Waals surface area contributed by atoms with Crippen molar-refractivity contribution in [3.63, 3.8) is 0 Å². The Morgan fingerprint density at radius 2 is 1.94 bits per heavy atom. The molecule has 4 heterocycles. The van der Waals surface area contributed by atoms with E-state index in [-0.39, 0.29) is 17.7 Å². The quantitative estimate of drug-likeness (QED) is 0.704. The molecule has 32 heavy (non-hydrogen) atoms. The highest BCUT2D eigenvalue weighted by Gasteiger charge is 2.32. The molecule has 2 aromatic rings. The van der Waals surface area contributed by atoms with Crippen molar-refractivity contribution in [1.82, 2.24) is 25.3 Å². The minimum absolute atomic E-state index is 0.192. The first-order valence-corrected chi connectivity index (χ1v) is 12.0. The zero-order valence-electron chi connectivity index (χ0n) is 19.1. The number of hydrogen-bond donors (Lipinski definition) is 2. The van der Waals surface area contributed by atoms with Gasteiger partial charge in [-0.1, -0.05) is 6.92 Å². The van der Waals surface area contributed by atoms with Crippen molar-refractivity contribution in [3.05, 3.63) is 23.9 Å². The lowest BCUT2D eigenvalue weighted by Gasteiger charge is -2.40. The Hall–Kier alpha value is -2.45. The number of fused-ring (bicyclic) bond motifs is 1. The number of aromatic nitrogens is 2. The highest BCUT2D eigenvalue weighted by molar-refractivity contribution is 6.02. The number of rotatable bonds is 4. The SMILES string of the molecule is C[C@@H]1CNCC[C@H]1CN1CCN(c2ccc3c(C4CCC(=O)NC4=O)nn(C)c3c2)CC1. The minimum atomic E-state index is -0.358. The first-order chi connectivity index (χ1) is 15.5. The van der Waals surface area contributed by atoms with Crippen LogP contribution in [0.5, 0.6) is 0 Å². The van der Waals surface area contributed by atoms with Crippen LogP contribution >= 0.6 is 0 Å². The highest BCUT2D eigenvalue weighted by Crippen LogP contribution is 2.32. The summed E-state index contributed by atoms with van der Waals surface area (Å²) in [4.78, 5) is 29.0. The number of anilines is 1. The summed E-state index contributed by atoms with van der Waals surface area (Å²) >= 11 is 0. The van der Waals surface area contributed by atoms with Gasteiger partial charge in [0.25, 0.3) is 0 Å². The minimum Gasteiger partial charge on any atom is -0.369 e.